The lowest BCUT2D eigenvalue weighted by molar-refractivity contribution is -0.121. The molecule has 9 heteroatoms. The van der Waals surface area contributed by atoms with Gasteiger partial charge in [-0.25, -0.2) is 15.3 Å². The second kappa shape index (κ2) is 9.92. The summed E-state index contributed by atoms with van der Waals surface area (Å²) in [5.41, 5.74) is 1.98. The van der Waals surface area contributed by atoms with Crippen molar-refractivity contribution in [2.45, 2.75) is 32.6 Å². The van der Waals surface area contributed by atoms with Crippen LogP contribution in [0.4, 0.5) is 0 Å². The number of benzene rings is 1. The highest BCUT2D eigenvalue weighted by Gasteiger charge is 2.06. The number of hydrogen-bond acceptors (Lipinski definition) is 6. The number of aryl methyl sites for hydroxylation is 1. The van der Waals surface area contributed by atoms with E-state index >= 15 is 0 Å². The maximum absolute atomic E-state index is 11.7. The van der Waals surface area contributed by atoms with Gasteiger partial charge in [-0.05, 0) is 36.2 Å². The zero-order chi connectivity index (χ0) is 18.8. The van der Waals surface area contributed by atoms with Gasteiger partial charge in [-0.1, -0.05) is 13.3 Å². The van der Waals surface area contributed by atoms with Gasteiger partial charge in [-0.15, -0.1) is 0 Å². The predicted octanol–water partition coefficient (Wildman–Crippen LogP) is 0.720. The van der Waals surface area contributed by atoms with E-state index in [1.807, 2.05) is 29.2 Å². The lowest BCUT2D eigenvalue weighted by atomic mass is 10.2. The third kappa shape index (κ3) is 6.34. The Labute approximate surface area is 149 Å². The number of amides is 1. The Bertz CT molecular complexity index is 854. The molecule has 1 aromatic heterocycles. The number of rotatable bonds is 9. The molecule has 1 aromatic carbocycles. The fourth-order valence-electron chi connectivity index (χ4n) is 1.99. The minimum Gasteiger partial charge on any atom is -0.494 e. The van der Waals surface area contributed by atoms with Gasteiger partial charge in [0.1, 0.15) is 11.4 Å². The molecule has 0 spiro atoms. The van der Waals surface area contributed by atoms with Crippen molar-refractivity contribution in [2.75, 3.05) is 6.61 Å². The molecule has 0 atom stereocenters. The molecular weight excluding hydrogens is 338 g/mol. The average molecular weight is 359 g/mol. The SMILES string of the molecule is CCCCOc1ccc(/C=N\NC(=O)CCc2n[nH]c(=O)[nH]c2=O)cc1. The Balaban J connectivity index is 1.77. The first kappa shape index (κ1) is 19.1. The van der Waals surface area contributed by atoms with Crippen molar-refractivity contribution in [1.29, 1.82) is 0 Å². The number of aromatic nitrogens is 3. The lowest BCUT2D eigenvalue weighted by Gasteiger charge is -2.04. The normalized spacial score (nSPS) is 10.8. The van der Waals surface area contributed by atoms with Crippen molar-refractivity contribution in [3.8, 4) is 5.75 Å². The Kier molecular flexibility index (Phi) is 7.29. The molecule has 0 unspecified atom stereocenters. The standard InChI is InChI=1S/C17H21N5O4/c1-2-3-10-26-13-6-4-12(5-7-13)11-18-21-15(23)9-8-14-16(24)19-17(25)22-20-14/h4-7,11H,2-3,8-10H2,1H3,(H,21,23)(H2,19,22,24,25)/b18-11-. The summed E-state index contributed by atoms with van der Waals surface area (Å²) in [6.45, 7) is 2.79. The monoisotopic (exact) mass is 359 g/mol. The van der Waals surface area contributed by atoms with Crippen molar-refractivity contribution < 1.29 is 9.53 Å². The smallest absolute Gasteiger partial charge is 0.342 e. The molecule has 9 nitrogen and oxygen atoms in total. The fraction of sp³-hybridized carbons (Fsp3) is 0.353. The van der Waals surface area contributed by atoms with Crippen LogP contribution in [0, 0.1) is 0 Å². The summed E-state index contributed by atoms with van der Waals surface area (Å²) >= 11 is 0. The van der Waals surface area contributed by atoms with Crippen LogP contribution >= 0.6 is 0 Å². The van der Waals surface area contributed by atoms with Crippen LogP contribution < -0.4 is 21.4 Å². The summed E-state index contributed by atoms with van der Waals surface area (Å²) in [5, 5.41) is 9.58. The zero-order valence-electron chi connectivity index (χ0n) is 14.4. The summed E-state index contributed by atoms with van der Waals surface area (Å²) in [6.07, 6.45) is 3.71. The number of hydrogen-bond donors (Lipinski definition) is 3. The van der Waals surface area contributed by atoms with Crippen LogP contribution in [0.25, 0.3) is 0 Å². The summed E-state index contributed by atoms with van der Waals surface area (Å²) in [7, 11) is 0. The topological polar surface area (TPSA) is 129 Å². The molecule has 0 aliphatic carbocycles. The number of hydrazone groups is 1. The van der Waals surface area contributed by atoms with Crippen molar-refractivity contribution in [2.24, 2.45) is 5.10 Å². The minimum absolute atomic E-state index is 0.0175. The van der Waals surface area contributed by atoms with Crippen molar-refractivity contribution in [1.82, 2.24) is 20.6 Å². The van der Waals surface area contributed by atoms with Crippen LogP contribution in [-0.4, -0.2) is 33.9 Å². The van der Waals surface area contributed by atoms with Gasteiger partial charge in [-0.3, -0.25) is 14.6 Å². The second-order valence-electron chi connectivity index (χ2n) is 5.52. The molecule has 2 aromatic rings. The summed E-state index contributed by atoms with van der Waals surface area (Å²) in [6, 6.07) is 7.35. The summed E-state index contributed by atoms with van der Waals surface area (Å²) in [5.74, 6) is 0.423. The van der Waals surface area contributed by atoms with E-state index in [2.05, 4.69) is 27.6 Å². The molecule has 138 valence electrons. The predicted molar refractivity (Wildman–Crippen MR) is 96.4 cm³/mol. The van der Waals surface area contributed by atoms with Gasteiger partial charge in [0.2, 0.25) is 5.91 Å². The number of aromatic amines is 2. The third-order valence-corrected chi connectivity index (χ3v) is 3.42. The Morgan fingerprint density at radius 2 is 2.08 bits per heavy atom. The molecule has 0 radical (unpaired) electrons. The van der Waals surface area contributed by atoms with Crippen LogP contribution in [0.3, 0.4) is 0 Å². The molecule has 0 aliphatic rings. The van der Waals surface area contributed by atoms with E-state index in [4.69, 9.17) is 4.74 Å². The fourth-order valence-corrected chi connectivity index (χ4v) is 1.99. The molecule has 26 heavy (non-hydrogen) atoms. The number of nitrogens with zero attached hydrogens (tertiary/aromatic N) is 2. The molecule has 3 N–H and O–H groups in total. The highest BCUT2D eigenvalue weighted by atomic mass is 16.5. The first-order valence-electron chi connectivity index (χ1n) is 8.31. The highest BCUT2D eigenvalue weighted by molar-refractivity contribution is 5.82. The van der Waals surface area contributed by atoms with E-state index < -0.39 is 11.2 Å². The molecule has 0 saturated heterocycles. The average Bonchev–Trinajstić information content (AvgIpc) is 2.62. The van der Waals surface area contributed by atoms with Crippen molar-refractivity contribution >= 4 is 12.1 Å². The maximum atomic E-state index is 11.7. The Hall–Kier alpha value is -3.23. The van der Waals surface area contributed by atoms with E-state index in [1.165, 1.54) is 6.21 Å². The summed E-state index contributed by atoms with van der Waals surface area (Å²) in [4.78, 5) is 36.1. The van der Waals surface area contributed by atoms with Crippen LogP contribution in [-0.2, 0) is 11.2 Å². The first-order chi connectivity index (χ1) is 12.6. The Morgan fingerprint density at radius 1 is 1.31 bits per heavy atom. The lowest BCUT2D eigenvalue weighted by Crippen LogP contribution is -2.28. The van der Waals surface area contributed by atoms with Gasteiger partial charge in [0, 0.05) is 12.8 Å². The van der Waals surface area contributed by atoms with E-state index in [9.17, 15) is 14.4 Å². The van der Waals surface area contributed by atoms with E-state index in [0.717, 1.165) is 24.2 Å². The maximum Gasteiger partial charge on any atom is 0.342 e. The highest BCUT2D eigenvalue weighted by Crippen LogP contribution is 2.11. The molecule has 1 amide bonds. The van der Waals surface area contributed by atoms with Gasteiger partial charge < -0.3 is 4.74 Å². The minimum atomic E-state index is -0.686. The molecular formula is C17H21N5O4. The second-order valence-corrected chi connectivity index (χ2v) is 5.52. The van der Waals surface area contributed by atoms with Gasteiger partial charge >= 0.3 is 5.69 Å². The quantitative estimate of drug-likeness (QED) is 0.345. The number of nitrogens with one attached hydrogen (secondary N) is 3. The van der Waals surface area contributed by atoms with Gasteiger partial charge in [0.25, 0.3) is 5.56 Å². The van der Waals surface area contributed by atoms with Gasteiger partial charge in [0.15, 0.2) is 0 Å². The van der Waals surface area contributed by atoms with E-state index in [1.54, 1.807) is 0 Å². The van der Waals surface area contributed by atoms with Crippen LogP contribution in [0.1, 0.15) is 37.4 Å². The van der Waals surface area contributed by atoms with Gasteiger partial charge in [-0.2, -0.15) is 10.2 Å². The third-order valence-electron chi connectivity index (χ3n) is 3.42. The molecule has 2 rings (SSSR count). The Morgan fingerprint density at radius 3 is 2.77 bits per heavy atom. The van der Waals surface area contributed by atoms with Crippen LogP contribution in [0.5, 0.6) is 5.75 Å². The van der Waals surface area contributed by atoms with E-state index in [0.29, 0.717) is 6.61 Å². The van der Waals surface area contributed by atoms with Crippen molar-refractivity contribution in [3.05, 3.63) is 56.4 Å². The van der Waals surface area contributed by atoms with Crippen LogP contribution in [0.15, 0.2) is 39.0 Å². The molecule has 1 heterocycles. The molecule has 0 fully saturated rings. The number of unbranched alkanes of at least 4 members (excludes halogenated alkanes) is 1. The number of carbonyl (C=O) groups excluding carboxylic acids is 1. The van der Waals surface area contributed by atoms with Crippen molar-refractivity contribution in [3.63, 3.8) is 0 Å². The number of carbonyl (C=O) groups is 1. The number of H-pyrrole nitrogens is 2. The first-order valence-corrected chi connectivity index (χ1v) is 8.31. The van der Waals surface area contributed by atoms with Crippen LogP contribution in [0.2, 0.25) is 0 Å². The van der Waals surface area contributed by atoms with Gasteiger partial charge in [0.05, 0.1) is 12.8 Å². The molecule has 0 aliphatic heterocycles. The van der Waals surface area contributed by atoms with E-state index in [-0.39, 0.29) is 24.4 Å². The molecule has 0 saturated carbocycles. The number of ether oxygens (including phenoxy) is 1. The zero-order valence-corrected chi connectivity index (χ0v) is 14.4. The summed E-state index contributed by atoms with van der Waals surface area (Å²) < 4.78 is 5.56. The molecule has 0 bridgehead atoms. The largest absolute Gasteiger partial charge is 0.494 e.